The first kappa shape index (κ1) is 16.5. The van der Waals surface area contributed by atoms with Gasteiger partial charge in [-0.05, 0) is 18.6 Å². The Kier molecular flexibility index (Phi) is 3.94. The first-order valence-electron chi connectivity index (χ1n) is 7.09. The monoisotopic (exact) mass is 359 g/mol. The smallest absolute Gasteiger partial charge is 0.325 e. The highest BCUT2D eigenvalue weighted by molar-refractivity contribution is 7.92. The quantitative estimate of drug-likeness (QED) is 0.629. The maximum Gasteiger partial charge on any atom is 0.325 e. The van der Waals surface area contributed by atoms with E-state index in [9.17, 15) is 13.2 Å². The fourth-order valence-corrected chi connectivity index (χ4v) is 3.53. The van der Waals surface area contributed by atoms with Gasteiger partial charge in [-0.3, -0.25) is 14.2 Å². The summed E-state index contributed by atoms with van der Waals surface area (Å²) in [5.74, 6) is -1.13. The van der Waals surface area contributed by atoms with Gasteiger partial charge in [0.2, 0.25) is 0 Å². The molecule has 10 heteroatoms. The average molecular weight is 359 g/mol. The van der Waals surface area contributed by atoms with Crippen LogP contribution < -0.4 is 4.72 Å². The van der Waals surface area contributed by atoms with Gasteiger partial charge in [-0.25, -0.2) is 8.42 Å². The summed E-state index contributed by atoms with van der Waals surface area (Å²) in [7, 11) is -3.96. The number of sulfonamides is 1. The van der Waals surface area contributed by atoms with Gasteiger partial charge < -0.3 is 10.1 Å². The third kappa shape index (κ3) is 3.05. The summed E-state index contributed by atoms with van der Waals surface area (Å²) in [4.78, 5) is 13.4. The lowest BCUT2D eigenvalue weighted by atomic mass is 10.1. The molecule has 0 aliphatic carbocycles. The normalized spacial score (nSPS) is 11.4. The molecular formula is C15H13N5O4S. The molecule has 3 rings (SSSR count). The van der Waals surface area contributed by atoms with Crippen LogP contribution in [0.5, 0.6) is 0 Å². The van der Waals surface area contributed by atoms with Crippen molar-refractivity contribution in [2.75, 3.05) is 4.72 Å². The van der Waals surface area contributed by atoms with Crippen molar-refractivity contribution in [3.05, 3.63) is 41.9 Å². The summed E-state index contributed by atoms with van der Waals surface area (Å²) < 4.78 is 28.5. The van der Waals surface area contributed by atoms with Gasteiger partial charge in [-0.1, -0.05) is 6.07 Å². The zero-order valence-corrected chi connectivity index (χ0v) is 13.8. The summed E-state index contributed by atoms with van der Waals surface area (Å²) in [5, 5.41) is 22.3. The van der Waals surface area contributed by atoms with Crippen molar-refractivity contribution in [1.82, 2.24) is 14.8 Å². The molecular weight excluding hydrogens is 346 g/mol. The first-order chi connectivity index (χ1) is 11.8. The van der Waals surface area contributed by atoms with Crippen molar-refractivity contribution in [2.24, 2.45) is 0 Å². The highest BCUT2D eigenvalue weighted by Crippen LogP contribution is 2.29. The minimum absolute atomic E-state index is 0.158. The standard InChI is InChI=1S/C15H13N5O4S/c1-9-2-3-12(15-14(9)10(4-16)5-17-15)19-25(23,24)11-6-18-20(7-11)8-13(21)22/h2-3,5-7,17,19H,8H2,1H3,(H,21,22). The van der Waals surface area contributed by atoms with Crippen LogP contribution in [-0.2, 0) is 21.4 Å². The number of nitriles is 1. The molecule has 0 aliphatic heterocycles. The Morgan fingerprint density at radius 2 is 2.24 bits per heavy atom. The number of aryl methyl sites for hydroxylation is 1. The number of carbonyl (C=O) groups is 1. The number of carboxylic acids is 1. The molecule has 0 saturated carbocycles. The molecule has 0 atom stereocenters. The van der Waals surface area contributed by atoms with E-state index in [4.69, 9.17) is 10.4 Å². The number of rotatable bonds is 5. The van der Waals surface area contributed by atoms with Crippen molar-refractivity contribution >= 4 is 32.6 Å². The van der Waals surface area contributed by atoms with E-state index in [1.807, 2.05) is 6.92 Å². The number of aromatic amines is 1. The molecule has 1 aromatic carbocycles. The average Bonchev–Trinajstić information content (AvgIpc) is 3.17. The van der Waals surface area contributed by atoms with E-state index < -0.39 is 22.5 Å². The Morgan fingerprint density at radius 1 is 1.48 bits per heavy atom. The molecule has 3 N–H and O–H groups in total. The minimum atomic E-state index is -3.96. The number of hydrogen-bond donors (Lipinski definition) is 3. The van der Waals surface area contributed by atoms with Crippen LogP contribution in [0.15, 0.2) is 35.6 Å². The number of benzene rings is 1. The Labute approximate surface area is 142 Å². The highest BCUT2D eigenvalue weighted by atomic mass is 32.2. The number of H-pyrrole nitrogens is 1. The predicted octanol–water partition coefficient (Wildman–Crippen LogP) is 1.43. The molecule has 0 unspecified atom stereocenters. The summed E-state index contributed by atoms with van der Waals surface area (Å²) in [5.41, 5.74) is 2.04. The van der Waals surface area contributed by atoms with Crippen molar-refractivity contribution in [1.29, 1.82) is 5.26 Å². The molecule has 2 heterocycles. The van der Waals surface area contributed by atoms with Gasteiger partial charge in [-0.15, -0.1) is 0 Å². The molecule has 25 heavy (non-hydrogen) atoms. The maximum atomic E-state index is 12.5. The van der Waals surface area contributed by atoms with Gasteiger partial charge in [0.15, 0.2) is 0 Å². The molecule has 0 radical (unpaired) electrons. The van der Waals surface area contributed by atoms with Crippen LogP contribution >= 0.6 is 0 Å². The molecule has 9 nitrogen and oxygen atoms in total. The van der Waals surface area contributed by atoms with E-state index >= 15 is 0 Å². The van der Waals surface area contributed by atoms with E-state index in [2.05, 4.69) is 20.9 Å². The fourth-order valence-electron chi connectivity index (χ4n) is 2.51. The maximum absolute atomic E-state index is 12.5. The second-order valence-corrected chi connectivity index (χ2v) is 7.05. The van der Waals surface area contributed by atoms with Crippen LogP contribution in [0.4, 0.5) is 5.69 Å². The summed E-state index contributed by atoms with van der Waals surface area (Å²) >= 11 is 0. The number of aliphatic carboxylic acids is 1. The number of aromatic nitrogens is 3. The number of nitrogens with zero attached hydrogens (tertiary/aromatic N) is 3. The Hall–Kier alpha value is -3.32. The second kappa shape index (κ2) is 5.95. The summed E-state index contributed by atoms with van der Waals surface area (Å²) in [6.45, 7) is 1.39. The van der Waals surface area contributed by atoms with Crippen molar-refractivity contribution in [2.45, 2.75) is 18.4 Å². The Bertz CT molecular complexity index is 1120. The number of fused-ring (bicyclic) bond motifs is 1. The van der Waals surface area contributed by atoms with E-state index in [0.29, 0.717) is 16.5 Å². The number of nitrogens with one attached hydrogen (secondary N) is 2. The van der Waals surface area contributed by atoms with E-state index in [-0.39, 0.29) is 10.6 Å². The SMILES string of the molecule is Cc1ccc(NS(=O)(=O)c2cnn(CC(=O)O)c2)c2[nH]cc(C#N)c12. The lowest BCUT2D eigenvalue weighted by Crippen LogP contribution is -2.13. The van der Waals surface area contributed by atoms with Crippen molar-refractivity contribution in [3.8, 4) is 6.07 Å². The minimum Gasteiger partial charge on any atom is -0.480 e. The van der Waals surface area contributed by atoms with Crippen molar-refractivity contribution in [3.63, 3.8) is 0 Å². The summed E-state index contributed by atoms with van der Waals surface area (Å²) in [6, 6.07) is 5.36. The van der Waals surface area contributed by atoms with Crippen LogP contribution in [0, 0.1) is 18.3 Å². The van der Waals surface area contributed by atoms with Gasteiger partial charge in [0, 0.05) is 17.8 Å². The molecule has 2 aromatic heterocycles. The Balaban J connectivity index is 1.99. The molecule has 0 fully saturated rings. The number of carboxylic acid groups (broad SMARTS) is 1. The molecule has 0 amide bonds. The Morgan fingerprint density at radius 3 is 2.92 bits per heavy atom. The molecule has 0 aliphatic rings. The highest BCUT2D eigenvalue weighted by Gasteiger charge is 2.20. The third-order valence-electron chi connectivity index (χ3n) is 3.63. The fraction of sp³-hybridized carbons (Fsp3) is 0.133. The third-order valence-corrected chi connectivity index (χ3v) is 4.95. The number of hydrogen-bond acceptors (Lipinski definition) is 5. The zero-order valence-electron chi connectivity index (χ0n) is 13.0. The van der Waals surface area contributed by atoms with E-state index in [1.165, 1.54) is 6.20 Å². The van der Waals surface area contributed by atoms with Gasteiger partial charge in [-0.2, -0.15) is 10.4 Å². The predicted molar refractivity (Wildman–Crippen MR) is 88.4 cm³/mol. The van der Waals surface area contributed by atoms with Gasteiger partial charge in [0.1, 0.15) is 17.5 Å². The van der Waals surface area contributed by atoms with Crippen LogP contribution in [0.1, 0.15) is 11.1 Å². The molecule has 0 saturated heterocycles. The summed E-state index contributed by atoms with van der Waals surface area (Å²) in [6.07, 6.45) is 3.73. The van der Waals surface area contributed by atoms with Gasteiger partial charge >= 0.3 is 5.97 Å². The largest absolute Gasteiger partial charge is 0.480 e. The topological polar surface area (TPSA) is 141 Å². The molecule has 0 spiro atoms. The molecule has 3 aromatic rings. The van der Waals surface area contributed by atoms with Crippen LogP contribution in [0.3, 0.4) is 0 Å². The second-order valence-electron chi connectivity index (χ2n) is 5.37. The molecule has 128 valence electrons. The van der Waals surface area contributed by atoms with Crippen molar-refractivity contribution < 1.29 is 18.3 Å². The van der Waals surface area contributed by atoms with E-state index in [1.54, 1.807) is 12.1 Å². The van der Waals surface area contributed by atoms with Gasteiger partial charge in [0.05, 0.1) is 23.0 Å². The van der Waals surface area contributed by atoms with Crippen LogP contribution in [0.25, 0.3) is 10.9 Å². The lowest BCUT2D eigenvalue weighted by Gasteiger charge is -2.09. The zero-order chi connectivity index (χ0) is 18.2. The first-order valence-corrected chi connectivity index (χ1v) is 8.58. The van der Waals surface area contributed by atoms with E-state index in [0.717, 1.165) is 22.6 Å². The van der Waals surface area contributed by atoms with Crippen LogP contribution in [0.2, 0.25) is 0 Å². The van der Waals surface area contributed by atoms with Gasteiger partial charge in [0.25, 0.3) is 10.0 Å². The molecule has 0 bridgehead atoms. The van der Waals surface area contributed by atoms with Crippen LogP contribution in [-0.4, -0.2) is 34.3 Å². The lowest BCUT2D eigenvalue weighted by molar-refractivity contribution is -0.137. The number of anilines is 1.